The second kappa shape index (κ2) is 5.80. The van der Waals surface area contributed by atoms with E-state index in [1.807, 2.05) is 13.8 Å². The lowest BCUT2D eigenvalue weighted by Gasteiger charge is -2.21. The first-order valence-corrected chi connectivity index (χ1v) is 5.75. The predicted molar refractivity (Wildman–Crippen MR) is 67.8 cm³/mol. The predicted octanol–water partition coefficient (Wildman–Crippen LogP) is 1.85. The Labute approximate surface area is 98.1 Å². The van der Waals surface area contributed by atoms with Crippen LogP contribution in [-0.4, -0.2) is 41.0 Å². The van der Waals surface area contributed by atoms with Gasteiger partial charge in [-0.25, -0.2) is 4.98 Å². The number of nitrogens with one attached hydrogen (secondary N) is 1. The van der Waals surface area contributed by atoms with E-state index >= 15 is 0 Å². The standard InChI is InChI=1S/C12H22N4/c1-9(2)16(5)7-6-13-12-11(4)14-8-10(3)15-12/h8-9H,6-7H2,1-5H3,(H,13,15). The van der Waals surface area contributed by atoms with Gasteiger partial charge in [-0.1, -0.05) is 0 Å². The molecule has 1 aromatic heterocycles. The summed E-state index contributed by atoms with van der Waals surface area (Å²) in [5, 5.41) is 3.32. The Morgan fingerprint density at radius 1 is 1.38 bits per heavy atom. The average molecular weight is 222 g/mol. The van der Waals surface area contributed by atoms with Crippen molar-refractivity contribution in [2.45, 2.75) is 33.7 Å². The summed E-state index contributed by atoms with van der Waals surface area (Å²) in [6.45, 7) is 10.2. The van der Waals surface area contributed by atoms with Gasteiger partial charge in [-0.15, -0.1) is 0 Å². The first-order chi connectivity index (χ1) is 7.50. The number of likely N-dealkylation sites (N-methyl/N-ethyl adjacent to an activating group) is 1. The van der Waals surface area contributed by atoms with Gasteiger partial charge in [0.1, 0.15) is 5.82 Å². The van der Waals surface area contributed by atoms with Gasteiger partial charge in [-0.3, -0.25) is 4.98 Å². The Morgan fingerprint density at radius 2 is 2.06 bits per heavy atom. The molecular weight excluding hydrogens is 200 g/mol. The molecule has 0 saturated heterocycles. The molecule has 4 nitrogen and oxygen atoms in total. The lowest BCUT2D eigenvalue weighted by atomic mass is 10.3. The van der Waals surface area contributed by atoms with E-state index in [9.17, 15) is 0 Å². The zero-order valence-corrected chi connectivity index (χ0v) is 10.9. The molecule has 0 amide bonds. The van der Waals surface area contributed by atoms with Crippen LogP contribution in [0.3, 0.4) is 0 Å². The van der Waals surface area contributed by atoms with Crippen LogP contribution in [0.25, 0.3) is 0 Å². The van der Waals surface area contributed by atoms with Crippen LogP contribution in [0.5, 0.6) is 0 Å². The molecule has 1 rings (SSSR count). The second-order valence-electron chi connectivity index (χ2n) is 4.45. The van der Waals surface area contributed by atoms with Gasteiger partial charge < -0.3 is 10.2 Å². The minimum absolute atomic E-state index is 0.575. The molecule has 0 spiro atoms. The zero-order valence-electron chi connectivity index (χ0n) is 10.9. The van der Waals surface area contributed by atoms with E-state index in [-0.39, 0.29) is 0 Å². The van der Waals surface area contributed by atoms with E-state index in [4.69, 9.17) is 0 Å². The third-order valence-corrected chi connectivity index (χ3v) is 2.71. The van der Waals surface area contributed by atoms with Crippen LogP contribution in [-0.2, 0) is 0 Å². The molecule has 0 aliphatic carbocycles. The van der Waals surface area contributed by atoms with Crippen LogP contribution in [0.2, 0.25) is 0 Å². The topological polar surface area (TPSA) is 41.1 Å². The average Bonchev–Trinajstić information content (AvgIpc) is 2.22. The Hall–Kier alpha value is -1.16. The van der Waals surface area contributed by atoms with Crippen LogP contribution in [0.4, 0.5) is 5.82 Å². The zero-order chi connectivity index (χ0) is 12.1. The van der Waals surface area contributed by atoms with E-state index in [2.05, 4.69) is 41.1 Å². The summed E-state index contributed by atoms with van der Waals surface area (Å²) < 4.78 is 0. The molecule has 0 aliphatic heterocycles. The fraction of sp³-hybridized carbons (Fsp3) is 0.667. The van der Waals surface area contributed by atoms with Crippen molar-refractivity contribution in [1.29, 1.82) is 0 Å². The molecule has 0 unspecified atom stereocenters. The van der Waals surface area contributed by atoms with E-state index in [1.54, 1.807) is 6.20 Å². The number of aryl methyl sites for hydroxylation is 2. The summed E-state index contributed by atoms with van der Waals surface area (Å²) in [4.78, 5) is 11.0. The highest BCUT2D eigenvalue weighted by Crippen LogP contribution is 2.07. The Bertz CT molecular complexity index is 336. The van der Waals surface area contributed by atoms with Crippen molar-refractivity contribution in [2.75, 3.05) is 25.5 Å². The molecule has 16 heavy (non-hydrogen) atoms. The molecule has 1 heterocycles. The smallest absolute Gasteiger partial charge is 0.147 e. The van der Waals surface area contributed by atoms with E-state index in [0.717, 1.165) is 30.3 Å². The van der Waals surface area contributed by atoms with Crippen molar-refractivity contribution in [3.05, 3.63) is 17.6 Å². The molecule has 0 bridgehead atoms. The highest BCUT2D eigenvalue weighted by Gasteiger charge is 2.04. The molecular formula is C12H22N4. The van der Waals surface area contributed by atoms with Crippen molar-refractivity contribution in [3.8, 4) is 0 Å². The molecule has 90 valence electrons. The SMILES string of the molecule is Cc1cnc(C)c(NCCN(C)C(C)C)n1. The summed E-state index contributed by atoms with van der Waals surface area (Å²) in [6.07, 6.45) is 1.79. The maximum absolute atomic E-state index is 4.42. The number of rotatable bonds is 5. The lowest BCUT2D eigenvalue weighted by molar-refractivity contribution is 0.284. The molecule has 0 aliphatic rings. The minimum atomic E-state index is 0.575. The van der Waals surface area contributed by atoms with Crippen molar-refractivity contribution in [2.24, 2.45) is 0 Å². The molecule has 0 aromatic carbocycles. The normalized spacial score (nSPS) is 11.2. The number of hydrogen-bond donors (Lipinski definition) is 1. The van der Waals surface area contributed by atoms with Crippen LogP contribution < -0.4 is 5.32 Å². The van der Waals surface area contributed by atoms with Crippen molar-refractivity contribution < 1.29 is 0 Å². The quantitative estimate of drug-likeness (QED) is 0.825. The highest BCUT2D eigenvalue weighted by atomic mass is 15.1. The number of hydrogen-bond acceptors (Lipinski definition) is 4. The number of aromatic nitrogens is 2. The summed E-state index contributed by atoms with van der Waals surface area (Å²) >= 11 is 0. The second-order valence-corrected chi connectivity index (χ2v) is 4.45. The minimum Gasteiger partial charge on any atom is -0.367 e. The fourth-order valence-electron chi connectivity index (χ4n) is 1.31. The van der Waals surface area contributed by atoms with Gasteiger partial charge in [-0.05, 0) is 34.7 Å². The fourth-order valence-corrected chi connectivity index (χ4v) is 1.31. The maximum Gasteiger partial charge on any atom is 0.147 e. The largest absolute Gasteiger partial charge is 0.367 e. The van der Waals surface area contributed by atoms with Crippen LogP contribution in [0.15, 0.2) is 6.20 Å². The van der Waals surface area contributed by atoms with Crippen LogP contribution >= 0.6 is 0 Å². The van der Waals surface area contributed by atoms with Gasteiger partial charge >= 0.3 is 0 Å². The van der Waals surface area contributed by atoms with Gasteiger partial charge in [0.2, 0.25) is 0 Å². The van der Waals surface area contributed by atoms with Gasteiger partial charge in [0.15, 0.2) is 0 Å². The van der Waals surface area contributed by atoms with Gasteiger partial charge in [0, 0.05) is 25.3 Å². The Balaban J connectivity index is 2.45. The molecule has 0 saturated carbocycles. The number of nitrogens with zero attached hydrogens (tertiary/aromatic N) is 3. The number of anilines is 1. The van der Waals surface area contributed by atoms with Crippen molar-refractivity contribution >= 4 is 5.82 Å². The molecule has 1 aromatic rings. The first kappa shape index (κ1) is 12.9. The van der Waals surface area contributed by atoms with Gasteiger partial charge in [0.25, 0.3) is 0 Å². The Morgan fingerprint density at radius 3 is 2.69 bits per heavy atom. The van der Waals surface area contributed by atoms with Crippen LogP contribution in [0.1, 0.15) is 25.2 Å². The summed E-state index contributed by atoms with van der Waals surface area (Å²) in [5.74, 6) is 0.900. The van der Waals surface area contributed by atoms with E-state index < -0.39 is 0 Å². The highest BCUT2D eigenvalue weighted by molar-refractivity contribution is 5.39. The van der Waals surface area contributed by atoms with Gasteiger partial charge in [-0.2, -0.15) is 0 Å². The molecule has 0 atom stereocenters. The molecule has 1 N–H and O–H groups in total. The van der Waals surface area contributed by atoms with Crippen LogP contribution in [0, 0.1) is 13.8 Å². The van der Waals surface area contributed by atoms with Crippen molar-refractivity contribution in [1.82, 2.24) is 14.9 Å². The third kappa shape index (κ3) is 3.77. The van der Waals surface area contributed by atoms with E-state index in [0.29, 0.717) is 6.04 Å². The third-order valence-electron chi connectivity index (χ3n) is 2.71. The van der Waals surface area contributed by atoms with E-state index in [1.165, 1.54) is 0 Å². The summed E-state index contributed by atoms with van der Waals surface area (Å²) in [5.41, 5.74) is 1.91. The summed E-state index contributed by atoms with van der Waals surface area (Å²) in [7, 11) is 2.13. The van der Waals surface area contributed by atoms with Gasteiger partial charge in [0.05, 0.1) is 11.4 Å². The molecule has 4 heteroatoms. The first-order valence-electron chi connectivity index (χ1n) is 5.75. The molecule has 0 radical (unpaired) electrons. The summed E-state index contributed by atoms with van der Waals surface area (Å²) in [6, 6.07) is 0.575. The molecule has 0 fully saturated rings. The van der Waals surface area contributed by atoms with Crippen molar-refractivity contribution in [3.63, 3.8) is 0 Å². The monoisotopic (exact) mass is 222 g/mol. The Kier molecular flexibility index (Phi) is 4.68. The maximum atomic E-state index is 4.42. The lowest BCUT2D eigenvalue weighted by Crippen LogP contribution is -2.31.